The fraction of sp³-hybridized carbons (Fsp3) is 0.438. The predicted molar refractivity (Wildman–Crippen MR) is 174 cm³/mol. The van der Waals surface area contributed by atoms with E-state index in [9.17, 15) is 33.9 Å². The van der Waals surface area contributed by atoms with Gasteiger partial charge in [0, 0.05) is 25.1 Å². The van der Waals surface area contributed by atoms with Crippen LogP contribution in [0.25, 0.3) is 0 Å². The zero-order valence-electron chi connectivity index (χ0n) is 26.8. The lowest BCUT2D eigenvalue weighted by molar-refractivity contribution is -0.132. The van der Waals surface area contributed by atoms with E-state index in [-0.39, 0.29) is 30.9 Å². The Morgan fingerprint density at radius 3 is 1.91 bits per heavy atom. The Bertz CT molecular complexity index is 1380. The maximum Gasteiger partial charge on any atom is 0.408 e. The summed E-state index contributed by atoms with van der Waals surface area (Å²) in [6, 6.07) is 10.8. The Morgan fingerprint density at radius 2 is 1.36 bits per heavy atom. The van der Waals surface area contributed by atoms with Gasteiger partial charge in [0.25, 0.3) is 0 Å². The number of halogens is 1. The van der Waals surface area contributed by atoms with Gasteiger partial charge in [-0.05, 0) is 51.0 Å². The van der Waals surface area contributed by atoms with Gasteiger partial charge in [-0.3, -0.25) is 24.0 Å². The third kappa shape index (κ3) is 14.9. The average Bonchev–Trinajstić information content (AvgIpc) is 2.99. The van der Waals surface area contributed by atoms with Crippen LogP contribution in [0.2, 0.25) is 0 Å². The van der Waals surface area contributed by atoms with Gasteiger partial charge in [-0.15, -0.1) is 11.6 Å². The van der Waals surface area contributed by atoms with E-state index < -0.39 is 71.9 Å². The van der Waals surface area contributed by atoms with Crippen LogP contribution < -0.4 is 32.3 Å². The number of phenols is 1. The van der Waals surface area contributed by atoms with E-state index in [0.717, 1.165) is 5.56 Å². The average molecular weight is 675 g/mol. The zero-order valence-corrected chi connectivity index (χ0v) is 27.6. The molecule has 0 heterocycles. The molecule has 2 aromatic carbocycles. The zero-order chi connectivity index (χ0) is 35.1. The van der Waals surface area contributed by atoms with E-state index in [1.807, 2.05) is 0 Å². The highest BCUT2D eigenvalue weighted by Crippen LogP contribution is 2.13. The second kappa shape index (κ2) is 18.3. The molecule has 14 nitrogen and oxygen atoms in total. The lowest BCUT2D eigenvalue weighted by Gasteiger charge is -2.24. The van der Waals surface area contributed by atoms with Crippen molar-refractivity contribution >= 4 is 47.2 Å². The van der Waals surface area contributed by atoms with E-state index in [1.165, 1.54) is 19.1 Å². The Labute approximate surface area is 278 Å². The molecule has 0 aliphatic rings. The van der Waals surface area contributed by atoms with Crippen molar-refractivity contribution in [3.8, 4) is 5.75 Å². The summed E-state index contributed by atoms with van der Waals surface area (Å²) in [7, 11) is 0. The quantitative estimate of drug-likeness (QED) is 0.126. The van der Waals surface area contributed by atoms with E-state index in [1.54, 1.807) is 63.2 Å². The highest BCUT2D eigenvalue weighted by molar-refractivity contribution is 6.18. The smallest absolute Gasteiger partial charge is 0.408 e. The summed E-state index contributed by atoms with van der Waals surface area (Å²) in [4.78, 5) is 75.7. The number of nitrogens with two attached hydrogens (primary N) is 1. The minimum Gasteiger partial charge on any atom is -0.508 e. The fourth-order valence-corrected chi connectivity index (χ4v) is 4.41. The number of ether oxygens (including phenoxy) is 1. The van der Waals surface area contributed by atoms with Crippen molar-refractivity contribution in [2.24, 2.45) is 5.73 Å². The molecule has 15 heteroatoms. The van der Waals surface area contributed by atoms with Gasteiger partial charge in [-0.25, -0.2) is 4.79 Å². The highest BCUT2D eigenvalue weighted by atomic mass is 35.5. The van der Waals surface area contributed by atoms with Crippen molar-refractivity contribution in [2.45, 2.75) is 76.7 Å². The molecule has 2 rings (SSSR count). The molecule has 0 bridgehead atoms. The van der Waals surface area contributed by atoms with Gasteiger partial charge in [0.15, 0.2) is 0 Å². The van der Waals surface area contributed by atoms with Gasteiger partial charge >= 0.3 is 6.09 Å². The second-order valence-electron chi connectivity index (χ2n) is 11.9. The Balaban J connectivity index is 2.04. The van der Waals surface area contributed by atoms with Crippen molar-refractivity contribution in [1.29, 1.82) is 0 Å². The summed E-state index contributed by atoms with van der Waals surface area (Å²) < 4.78 is 5.27. The molecule has 4 atom stereocenters. The molecule has 0 aliphatic carbocycles. The fourth-order valence-electron chi connectivity index (χ4n) is 4.22. The Morgan fingerprint density at radius 1 is 0.809 bits per heavy atom. The molecule has 0 spiro atoms. The van der Waals surface area contributed by atoms with Gasteiger partial charge in [-0.2, -0.15) is 0 Å². The van der Waals surface area contributed by atoms with E-state index in [4.69, 9.17) is 22.1 Å². The first-order valence-corrected chi connectivity index (χ1v) is 15.4. The number of alkyl halides is 1. The van der Waals surface area contributed by atoms with Crippen LogP contribution in [0.1, 0.15) is 45.2 Å². The molecule has 256 valence electrons. The summed E-state index contributed by atoms with van der Waals surface area (Å²) in [5.41, 5.74) is 5.77. The largest absolute Gasteiger partial charge is 0.508 e. The number of primary amides is 1. The first-order chi connectivity index (χ1) is 22.1. The van der Waals surface area contributed by atoms with Crippen LogP contribution in [0.4, 0.5) is 4.79 Å². The van der Waals surface area contributed by atoms with Crippen molar-refractivity contribution < 1.29 is 38.6 Å². The SMILES string of the molecule is C[C@@H](NC(=O)[C@H](Cc1ccc(O)cc1)NC(=O)OC(C)(C)C)C(=O)NCC(=O)N[C@@H](Cc1ccccc1)C(=O)N[C@H](CCl)CC(N)=O. The molecule has 0 fully saturated rings. The number of amides is 6. The molecule has 0 saturated heterocycles. The number of nitrogens with one attached hydrogen (secondary N) is 5. The predicted octanol–water partition coefficient (Wildman–Crippen LogP) is 0.775. The molecule has 2 aromatic rings. The van der Waals surface area contributed by atoms with Gasteiger partial charge in [0.2, 0.25) is 29.5 Å². The van der Waals surface area contributed by atoms with Crippen LogP contribution in [0.3, 0.4) is 0 Å². The first kappa shape index (κ1) is 38.3. The first-order valence-electron chi connectivity index (χ1n) is 14.9. The van der Waals surface area contributed by atoms with E-state index >= 15 is 0 Å². The van der Waals surface area contributed by atoms with Crippen LogP contribution in [0.5, 0.6) is 5.75 Å². The van der Waals surface area contributed by atoms with Crippen molar-refractivity contribution in [2.75, 3.05) is 12.4 Å². The third-order valence-electron chi connectivity index (χ3n) is 6.47. The van der Waals surface area contributed by atoms with Gasteiger partial charge in [0.1, 0.15) is 29.5 Å². The number of phenolic OH excluding ortho intramolecular Hbond substituents is 1. The molecular formula is C32H43ClN6O8. The van der Waals surface area contributed by atoms with E-state index in [0.29, 0.717) is 5.56 Å². The normalized spacial score (nSPS) is 13.6. The number of benzene rings is 2. The monoisotopic (exact) mass is 674 g/mol. The van der Waals surface area contributed by atoms with Crippen LogP contribution in [-0.4, -0.2) is 82.9 Å². The standard InChI is InChI=1S/C32H43ClN6O8/c1-19(36-29(44)25(39-31(46)47-32(2,3)4)15-21-10-12-23(40)13-11-21)28(43)35-18-27(42)38-24(14-20-8-6-5-7-9-20)30(45)37-22(17-33)16-26(34)41/h5-13,19,22,24-25,40H,14-18H2,1-4H3,(H2,34,41)(H,35,43)(H,36,44)(H,37,45)(H,38,42)(H,39,46)/t19-,22+,24+,25+/m1/s1. The third-order valence-corrected chi connectivity index (χ3v) is 6.85. The molecule has 6 amide bonds. The molecule has 47 heavy (non-hydrogen) atoms. The number of carbonyl (C=O) groups excluding carboxylic acids is 6. The van der Waals surface area contributed by atoms with Crippen molar-refractivity contribution in [3.63, 3.8) is 0 Å². The van der Waals surface area contributed by atoms with Crippen molar-refractivity contribution in [3.05, 3.63) is 65.7 Å². The van der Waals surface area contributed by atoms with Gasteiger partial charge in [0.05, 0.1) is 12.6 Å². The van der Waals surface area contributed by atoms with Gasteiger partial charge < -0.3 is 42.2 Å². The number of alkyl carbamates (subject to hydrolysis) is 1. The number of aromatic hydroxyl groups is 1. The second-order valence-corrected chi connectivity index (χ2v) is 12.2. The number of hydrogen-bond donors (Lipinski definition) is 7. The summed E-state index contributed by atoms with van der Waals surface area (Å²) in [6.07, 6.45) is -0.898. The topological polar surface area (TPSA) is 218 Å². The van der Waals surface area contributed by atoms with Crippen molar-refractivity contribution in [1.82, 2.24) is 26.6 Å². The number of rotatable bonds is 16. The Kier molecular flexibility index (Phi) is 15.0. The molecule has 0 saturated carbocycles. The molecule has 0 aliphatic heterocycles. The van der Waals surface area contributed by atoms with Crippen LogP contribution in [-0.2, 0) is 41.6 Å². The lowest BCUT2D eigenvalue weighted by Crippen LogP contribution is -2.56. The molecule has 0 unspecified atom stereocenters. The van der Waals surface area contributed by atoms with E-state index in [2.05, 4.69) is 26.6 Å². The van der Waals surface area contributed by atoms with Crippen LogP contribution >= 0.6 is 11.6 Å². The summed E-state index contributed by atoms with van der Waals surface area (Å²) in [6.45, 7) is 5.88. The summed E-state index contributed by atoms with van der Waals surface area (Å²) in [5.74, 6) is -3.40. The number of carbonyl (C=O) groups is 6. The molecular weight excluding hydrogens is 632 g/mol. The van der Waals surface area contributed by atoms with Crippen LogP contribution in [0.15, 0.2) is 54.6 Å². The van der Waals surface area contributed by atoms with Crippen LogP contribution in [0, 0.1) is 0 Å². The molecule has 0 radical (unpaired) electrons. The maximum atomic E-state index is 13.2. The minimum absolute atomic E-state index is 0.0248. The maximum absolute atomic E-state index is 13.2. The lowest BCUT2D eigenvalue weighted by atomic mass is 10.0. The minimum atomic E-state index is -1.14. The highest BCUT2D eigenvalue weighted by Gasteiger charge is 2.28. The number of hydrogen-bond acceptors (Lipinski definition) is 8. The molecule has 0 aromatic heterocycles. The summed E-state index contributed by atoms with van der Waals surface area (Å²) >= 11 is 5.87. The van der Waals surface area contributed by atoms with Gasteiger partial charge in [-0.1, -0.05) is 42.5 Å². The summed E-state index contributed by atoms with van der Waals surface area (Å²) in [5, 5.41) is 22.2. The Hall–Kier alpha value is -4.85. The molecule has 8 N–H and O–H groups in total.